The van der Waals surface area contributed by atoms with E-state index in [1.807, 2.05) is 61.5 Å². The molecule has 0 radical (unpaired) electrons. The van der Waals surface area contributed by atoms with Gasteiger partial charge >= 0.3 is 0 Å². The summed E-state index contributed by atoms with van der Waals surface area (Å²) in [6.07, 6.45) is 2.16. The molecule has 5 aromatic rings. The highest BCUT2D eigenvalue weighted by Crippen LogP contribution is 2.29. The van der Waals surface area contributed by atoms with E-state index in [0.717, 1.165) is 22.1 Å². The Kier molecular flexibility index (Phi) is 5.29. The summed E-state index contributed by atoms with van der Waals surface area (Å²) in [7, 11) is 0. The number of halogens is 1. The molecule has 7 heteroatoms. The summed E-state index contributed by atoms with van der Waals surface area (Å²) in [6.45, 7) is 2.24. The smallest absolute Gasteiger partial charge is 0.289 e. The van der Waals surface area contributed by atoms with Gasteiger partial charge in [0, 0.05) is 24.2 Å². The number of furan rings is 1. The molecule has 0 saturated heterocycles. The van der Waals surface area contributed by atoms with Crippen LogP contribution in [0.4, 0.5) is 0 Å². The summed E-state index contributed by atoms with van der Waals surface area (Å²) in [5, 5.41) is 4.25. The van der Waals surface area contributed by atoms with Crippen LogP contribution < -0.4 is 5.32 Å². The predicted octanol–water partition coefficient (Wildman–Crippen LogP) is 5.25. The highest BCUT2D eigenvalue weighted by Gasteiger charge is 2.20. The van der Waals surface area contributed by atoms with Crippen molar-refractivity contribution in [2.45, 2.75) is 19.9 Å². The normalized spacial score (nSPS) is 11.2. The van der Waals surface area contributed by atoms with Gasteiger partial charge in [-0.15, -0.1) is 0 Å². The zero-order chi connectivity index (χ0) is 22.1. The number of pyridine rings is 1. The Morgan fingerprint density at radius 1 is 1.03 bits per heavy atom. The first-order valence-corrected chi connectivity index (χ1v) is 10.6. The number of carbonyl (C=O) groups excluding carboxylic acids is 1. The van der Waals surface area contributed by atoms with Crippen LogP contribution in [0.5, 0.6) is 0 Å². The van der Waals surface area contributed by atoms with Crippen LogP contribution in [0, 0.1) is 6.92 Å². The molecule has 0 aliphatic rings. The number of hydrogen-bond donors (Lipinski definition) is 1. The fourth-order valence-electron chi connectivity index (χ4n) is 3.68. The number of amides is 1. The lowest BCUT2D eigenvalue weighted by atomic mass is 10.1. The van der Waals surface area contributed by atoms with E-state index in [1.165, 1.54) is 0 Å². The van der Waals surface area contributed by atoms with Crippen LogP contribution in [0.25, 0.3) is 22.2 Å². The monoisotopic (exact) mass is 442 g/mol. The molecular weight excluding hydrogens is 424 g/mol. The number of carbonyl (C=O) groups is 1. The van der Waals surface area contributed by atoms with E-state index < -0.39 is 0 Å². The molecule has 3 heterocycles. The molecule has 1 N–H and O–H groups in total. The maximum atomic E-state index is 13.0. The van der Waals surface area contributed by atoms with Crippen LogP contribution in [0.2, 0.25) is 5.02 Å². The highest BCUT2D eigenvalue weighted by molar-refractivity contribution is 6.31. The van der Waals surface area contributed by atoms with Gasteiger partial charge in [-0.1, -0.05) is 54.1 Å². The van der Waals surface area contributed by atoms with E-state index >= 15 is 0 Å². The average molecular weight is 443 g/mol. The third-order valence-corrected chi connectivity index (χ3v) is 5.71. The van der Waals surface area contributed by atoms with Gasteiger partial charge in [-0.3, -0.25) is 4.79 Å². The second-order valence-electron chi connectivity index (χ2n) is 7.51. The molecule has 0 bridgehead atoms. The lowest BCUT2D eigenvalue weighted by Gasteiger charge is -2.10. The van der Waals surface area contributed by atoms with Gasteiger partial charge in [-0.25, -0.2) is 15.0 Å². The van der Waals surface area contributed by atoms with Crippen molar-refractivity contribution in [1.82, 2.24) is 20.3 Å². The molecule has 0 aliphatic heterocycles. The number of nitrogens with one attached hydrogen (secondary N) is 1. The zero-order valence-electron chi connectivity index (χ0n) is 17.3. The van der Waals surface area contributed by atoms with Gasteiger partial charge in [-0.2, -0.15) is 0 Å². The van der Waals surface area contributed by atoms with Gasteiger partial charge in [0.05, 0.1) is 11.1 Å². The van der Waals surface area contributed by atoms with E-state index in [2.05, 4.69) is 20.3 Å². The molecule has 1 amide bonds. The van der Waals surface area contributed by atoms with Crippen molar-refractivity contribution in [3.05, 3.63) is 100 Å². The molecule has 0 fully saturated rings. The minimum Gasteiger partial charge on any atom is -0.434 e. The van der Waals surface area contributed by atoms with Crippen LogP contribution in [0.1, 0.15) is 33.0 Å². The van der Waals surface area contributed by atoms with Crippen molar-refractivity contribution in [3.63, 3.8) is 0 Å². The molecule has 32 heavy (non-hydrogen) atoms. The van der Waals surface area contributed by atoms with Crippen molar-refractivity contribution in [2.75, 3.05) is 0 Å². The Balaban J connectivity index is 1.55. The molecule has 5 rings (SSSR count). The second kappa shape index (κ2) is 8.40. The van der Waals surface area contributed by atoms with Crippen LogP contribution in [0.15, 0.2) is 71.3 Å². The second-order valence-corrected chi connectivity index (χ2v) is 7.92. The first-order chi connectivity index (χ1) is 15.6. The van der Waals surface area contributed by atoms with E-state index in [0.29, 0.717) is 34.0 Å². The average Bonchev–Trinajstić information content (AvgIpc) is 3.18. The maximum absolute atomic E-state index is 13.0. The fourth-order valence-corrected chi connectivity index (χ4v) is 3.97. The molecule has 6 nitrogen and oxygen atoms in total. The van der Waals surface area contributed by atoms with E-state index in [9.17, 15) is 4.79 Å². The summed E-state index contributed by atoms with van der Waals surface area (Å²) in [6, 6.07) is 19.2. The Labute approximate surface area is 189 Å². The highest BCUT2D eigenvalue weighted by atomic mass is 35.5. The van der Waals surface area contributed by atoms with Crippen molar-refractivity contribution >= 4 is 39.7 Å². The molecule has 158 valence electrons. The first kappa shape index (κ1) is 20.2. The van der Waals surface area contributed by atoms with Crippen molar-refractivity contribution in [1.29, 1.82) is 0 Å². The van der Waals surface area contributed by atoms with Crippen LogP contribution >= 0.6 is 11.6 Å². The topological polar surface area (TPSA) is 80.9 Å². The minimum absolute atomic E-state index is 0.0830. The Hall–Kier alpha value is -3.77. The third-order valence-electron chi connectivity index (χ3n) is 5.36. The van der Waals surface area contributed by atoms with Crippen molar-refractivity contribution < 1.29 is 9.21 Å². The standard InChI is InChI=1S/C25H19ClN4O2/c1-15-7-5-11-19(26)18(15)14-28-24(31)23-29-20(13-16-8-3-2-4-9-16)22-21(30-23)17-10-6-12-27-25(17)32-22/h2-12H,13-14H2,1H3,(H,28,31). The molecule has 0 spiro atoms. The minimum atomic E-state index is -0.376. The SMILES string of the molecule is Cc1cccc(Cl)c1CNC(=O)c1nc(Cc2ccccc2)c2oc3ncccc3c2n1. The molecular formula is C25H19ClN4O2. The summed E-state index contributed by atoms with van der Waals surface area (Å²) in [5.74, 6) is -0.293. The zero-order valence-corrected chi connectivity index (χ0v) is 18.1. The number of aromatic nitrogens is 3. The predicted molar refractivity (Wildman–Crippen MR) is 124 cm³/mol. The summed E-state index contributed by atoms with van der Waals surface area (Å²) < 4.78 is 5.97. The number of rotatable bonds is 5. The van der Waals surface area contributed by atoms with Gasteiger partial charge in [0.1, 0.15) is 5.52 Å². The van der Waals surface area contributed by atoms with Gasteiger partial charge < -0.3 is 9.73 Å². The summed E-state index contributed by atoms with van der Waals surface area (Å²) in [5.41, 5.74) is 5.15. The van der Waals surface area contributed by atoms with Gasteiger partial charge in [0.2, 0.25) is 11.5 Å². The first-order valence-electron chi connectivity index (χ1n) is 10.2. The molecule has 0 unspecified atom stereocenters. The molecule has 3 aromatic heterocycles. The fraction of sp³-hybridized carbons (Fsp3) is 0.120. The van der Waals surface area contributed by atoms with E-state index in [-0.39, 0.29) is 18.3 Å². The Morgan fingerprint density at radius 3 is 2.69 bits per heavy atom. The third kappa shape index (κ3) is 3.81. The van der Waals surface area contributed by atoms with Gasteiger partial charge in [0.25, 0.3) is 5.91 Å². The van der Waals surface area contributed by atoms with Crippen LogP contribution in [0.3, 0.4) is 0 Å². The number of fused-ring (bicyclic) bond motifs is 3. The molecule has 0 aliphatic carbocycles. The number of benzene rings is 2. The van der Waals surface area contributed by atoms with E-state index in [4.69, 9.17) is 16.0 Å². The summed E-state index contributed by atoms with van der Waals surface area (Å²) >= 11 is 6.30. The lowest BCUT2D eigenvalue weighted by Crippen LogP contribution is -2.26. The molecule has 0 saturated carbocycles. The van der Waals surface area contributed by atoms with Gasteiger partial charge in [-0.05, 0) is 41.8 Å². The Morgan fingerprint density at radius 2 is 1.88 bits per heavy atom. The lowest BCUT2D eigenvalue weighted by molar-refractivity contribution is 0.0940. The molecule has 0 atom stereocenters. The maximum Gasteiger partial charge on any atom is 0.289 e. The van der Waals surface area contributed by atoms with Crippen molar-refractivity contribution in [3.8, 4) is 0 Å². The Bertz CT molecular complexity index is 1430. The number of hydrogen-bond acceptors (Lipinski definition) is 5. The van der Waals surface area contributed by atoms with Crippen LogP contribution in [-0.4, -0.2) is 20.9 Å². The number of nitrogens with zero attached hydrogens (tertiary/aromatic N) is 3. The summed E-state index contributed by atoms with van der Waals surface area (Å²) in [4.78, 5) is 26.4. The largest absolute Gasteiger partial charge is 0.434 e. The van der Waals surface area contributed by atoms with Crippen LogP contribution in [-0.2, 0) is 13.0 Å². The quantitative estimate of drug-likeness (QED) is 0.402. The van der Waals surface area contributed by atoms with E-state index in [1.54, 1.807) is 12.3 Å². The van der Waals surface area contributed by atoms with Crippen molar-refractivity contribution in [2.24, 2.45) is 0 Å². The number of aryl methyl sites for hydroxylation is 1. The molecule has 2 aromatic carbocycles. The van der Waals surface area contributed by atoms with Gasteiger partial charge in [0.15, 0.2) is 5.58 Å².